The van der Waals surface area contributed by atoms with Crippen LogP contribution in [0.1, 0.15) is 11.1 Å². The Bertz CT molecular complexity index is 905. The first-order valence-corrected chi connectivity index (χ1v) is 10.0. The van der Waals surface area contributed by atoms with Crippen LogP contribution in [0.5, 0.6) is 0 Å². The predicted molar refractivity (Wildman–Crippen MR) is 118 cm³/mol. The van der Waals surface area contributed by atoms with Crippen molar-refractivity contribution < 1.29 is 0 Å². The summed E-state index contributed by atoms with van der Waals surface area (Å²) >= 11 is 0. The molecule has 2 aromatic carbocycles. The van der Waals surface area contributed by atoms with Gasteiger partial charge in [0, 0.05) is 39.3 Å². The van der Waals surface area contributed by atoms with Crippen LogP contribution in [0.15, 0.2) is 72.9 Å². The van der Waals surface area contributed by atoms with Gasteiger partial charge in [-0.2, -0.15) is 10.1 Å². The maximum Gasteiger partial charge on any atom is 0.247 e. The molecule has 0 radical (unpaired) electrons. The highest BCUT2D eigenvalue weighted by molar-refractivity contribution is 5.48. The van der Waals surface area contributed by atoms with Gasteiger partial charge in [0.2, 0.25) is 5.95 Å². The van der Waals surface area contributed by atoms with Gasteiger partial charge in [0.15, 0.2) is 5.82 Å². The Hall–Kier alpha value is -3.25. The van der Waals surface area contributed by atoms with Gasteiger partial charge >= 0.3 is 0 Å². The minimum absolute atomic E-state index is 0.697. The smallest absolute Gasteiger partial charge is 0.247 e. The van der Waals surface area contributed by atoms with Gasteiger partial charge in [0.1, 0.15) is 0 Å². The molecule has 1 aliphatic rings. The minimum Gasteiger partial charge on any atom is -0.365 e. The van der Waals surface area contributed by atoms with Crippen LogP contribution in [0.25, 0.3) is 6.08 Å². The summed E-state index contributed by atoms with van der Waals surface area (Å²) < 4.78 is 0. The van der Waals surface area contributed by atoms with Gasteiger partial charge in [0.25, 0.3) is 0 Å². The van der Waals surface area contributed by atoms with E-state index in [9.17, 15) is 0 Å². The van der Waals surface area contributed by atoms with Crippen molar-refractivity contribution in [3.8, 4) is 0 Å². The lowest BCUT2D eigenvalue weighted by molar-refractivity contribution is 0.282. The summed E-state index contributed by atoms with van der Waals surface area (Å²) in [6.45, 7) is 5.47. The molecule has 1 saturated heterocycles. The Morgan fingerprint density at radius 3 is 2.38 bits per heavy atom. The third-order valence-electron chi connectivity index (χ3n) is 4.99. The Balaban J connectivity index is 1.26. The van der Waals surface area contributed by atoms with Gasteiger partial charge in [-0.1, -0.05) is 72.8 Å². The topological polar surface area (TPSA) is 57.2 Å². The zero-order valence-electron chi connectivity index (χ0n) is 16.5. The fourth-order valence-electron chi connectivity index (χ4n) is 3.33. The van der Waals surface area contributed by atoms with Crippen LogP contribution in [0.3, 0.4) is 0 Å². The SMILES string of the molecule is C(=C\c1ccccc1)/CN1CCN(c2nncc(NCc3ccccc3)n2)CC1. The molecule has 1 fully saturated rings. The second-order valence-electron chi connectivity index (χ2n) is 7.08. The van der Waals surface area contributed by atoms with E-state index in [-0.39, 0.29) is 0 Å². The Kier molecular flexibility index (Phi) is 6.45. The molecular weight excluding hydrogens is 360 g/mol. The number of piperazine rings is 1. The molecule has 0 amide bonds. The van der Waals surface area contributed by atoms with E-state index in [2.05, 4.69) is 78.8 Å². The summed E-state index contributed by atoms with van der Waals surface area (Å²) in [6, 6.07) is 20.7. The first-order chi connectivity index (χ1) is 14.4. The molecule has 6 heteroatoms. The molecule has 0 unspecified atom stereocenters. The van der Waals surface area contributed by atoms with Crippen molar-refractivity contribution in [3.05, 3.63) is 84.1 Å². The highest BCUT2D eigenvalue weighted by Crippen LogP contribution is 2.13. The van der Waals surface area contributed by atoms with Gasteiger partial charge in [-0.05, 0) is 11.1 Å². The molecule has 3 aromatic rings. The molecule has 2 heterocycles. The maximum absolute atomic E-state index is 4.65. The zero-order valence-corrected chi connectivity index (χ0v) is 16.5. The molecule has 29 heavy (non-hydrogen) atoms. The number of nitrogens with one attached hydrogen (secondary N) is 1. The lowest BCUT2D eigenvalue weighted by Crippen LogP contribution is -2.47. The van der Waals surface area contributed by atoms with Crippen LogP contribution in [-0.2, 0) is 6.54 Å². The second-order valence-corrected chi connectivity index (χ2v) is 7.08. The van der Waals surface area contributed by atoms with Crippen molar-refractivity contribution in [3.63, 3.8) is 0 Å². The van der Waals surface area contributed by atoms with Crippen LogP contribution in [-0.4, -0.2) is 52.8 Å². The predicted octanol–water partition coefficient (Wildman–Crippen LogP) is 3.32. The summed E-state index contributed by atoms with van der Waals surface area (Å²) in [5.74, 6) is 1.45. The number of aromatic nitrogens is 3. The first-order valence-electron chi connectivity index (χ1n) is 10.0. The number of hydrogen-bond acceptors (Lipinski definition) is 6. The van der Waals surface area contributed by atoms with E-state index in [0.29, 0.717) is 5.95 Å². The molecule has 1 aliphatic heterocycles. The molecule has 0 atom stereocenters. The van der Waals surface area contributed by atoms with Crippen molar-refractivity contribution in [2.45, 2.75) is 6.54 Å². The molecule has 1 N–H and O–H groups in total. The number of benzene rings is 2. The number of nitrogens with zero attached hydrogens (tertiary/aromatic N) is 5. The summed E-state index contributed by atoms with van der Waals surface area (Å²) in [7, 11) is 0. The van der Waals surface area contributed by atoms with Crippen LogP contribution in [0.2, 0.25) is 0 Å². The monoisotopic (exact) mass is 386 g/mol. The number of hydrogen-bond donors (Lipinski definition) is 1. The highest BCUT2D eigenvalue weighted by Gasteiger charge is 2.18. The lowest BCUT2D eigenvalue weighted by atomic mass is 10.2. The fraction of sp³-hybridized carbons (Fsp3) is 0.261. The van der Waals surface area contributed by atoms with Gasteiger partial charge in [0.05, 0.1) is 6.20 Å². The number of anilines is 2. The maximum atomic E-state index is 4.65. The van der Waals surface area contributed by atoms with E-state index in [1.165, 1.54) is 11.1 Å². The molecule has 0 spiro atoms. The summed E-state index contributed by atoms with van der Waals surface area (Å²) in [4.78, 5) is 9.30. The van der Waals surface area contributed by atoms with Crippen molar-refractivity contribution in [1.29, 1.82) is 0 Å². The van der Waals surface area contributed by atoms with Crippen LogP contribution < -0.4 is 10.2 Å². The van der Waals surface area contributed by atoms with Crippen molar-refractivity contribution in [2.24, 2.45) is 0 Å². The van der Waals surface area contributed by atoms with E-state index < -0.39 is 0 Å². The Morgan fingerprint density at radius 2 is 1.62 bits per heavy atom. The molecule has 4 rings (SSSR count). The molecule has 6 nitrogen and oxygen atoms in total. The largest absolute Gasteiger partial charge is 0.365 e. The van der Waals surface area contributed by atoms with Gasteiger partial charge in [-0.3, -0.25) is 4.90 Å². The van der Waals surface area contributed by atoms with E-state index in [0.717, 1.165) is 45.1 Å². The van der Waals surface area contributed by atoms with E-state index in [1.54, 1.807) is 6.20 Å². The fourth-order valence-corrected chi connectivity index (χ4v) is 3.33. The van der Waals surface area contributed by atoms with E-state index in [1.807, 2.05) is 24.3 Å². The summed E-state index contributed by atoms with van der Waals surface area (Å²) in [6.07, 6.45) is 6.09. The van der Waals surface area contributed by atoms with Crippen molar-refractivity contribution in [1.82, 2.24) is 20.1 Å². The quantitative estimate of drug-likeness (QED) is 0.672. The standard InChI is InChI=1S/C23H26N6/c1-3-8-20(9-4-1)12-7-13-28-14-16-29(17-15-28)23-26-22(19-25-27-23)24-18-21-10-5-2-6-11-21/h1-12,19H,13-18H2,(H,24,26,27)/b12-7+. The third kappa shape index (κ3) is 5.62. The molecular formula is C23H26N6. The molecule has 1 aromatic heterocycles. The molecule has 0 aliphatic carbocycles. The zero-order chi connectivity index (χ0) is 19.7. The van der Waals surface area contributed by atoms with Crippen molar-refractivity contribution >= 4 is 17.8 Å². The van der Waals surface area contributed by atoms with Crippen molar-refractivity contribution in [2.75, 3.05) is 42.9 Å². The highest BCUT2D eigenvalue weighted by atomic mass is 15.4. The Labute approximate surface area is 171 Å². The molecule has 0 bridgehead atoms. The van der Waals surface area contributed by atoms with Crippen LogP contribution in [0, 0.1) is 0 Å². The summed E-state index contributed by atoms with van der Waals surface area (Å²) in [5, 5.41) is 11.7. The lowest BCUT2D eigenvalue weighted by Gasteiger charge is -2.33. The average Bonchev–Trinajstić information content (AvgIpc) is 2.80. The average molecular weight is 387 g/mol. The Morgan fingerprint density at radius 1 is 0.897 bits per heavy atom. The minimum atomic E-state index is 0.697. The molecule has 148 valence electrons. The van der Waals surface area contributed by atoms with Gasteiger partial charge in [-0.15, -0.1) is 5.10 Å². The van der Waals surface area contributed by atoms with Crippen LogP contribution in [0.4, 0.5) is 11.8 Å². The normalized spacial score (nSPS) is 15.0. The summed E-state index contributed by atoms with van der Waals surface area (Å²) in [5.41, 5.74) is 2.45. The van der Waals surface area contributed by atoms with Crippen LogP contribution >= 0.6 is 0 Å². The molecule has 0 saturated carbocycles. The van der Waals surface area contributed by atoms with E-state index >= 15 is 0 Å². The first kappa shape index (κ1) is 19.1. The third-order valence-corrected chi connectivity index (χ3v) is 4.99. The number of rotatable bonds is 7. The van der Waals surface area contributed by atoms with Gasteiger partial charge in [-0.25, -0.2) is 0 Å². The second kappa shape index (κ2) is 9.80. The van der Waals surface area contributed by atoms with Gasteiger partial charge < -0.3 is 10.2 Å². The van der Waals surface area contributed by atoms with E-state index in [4.69, 9.17) is 0 Å².